The fourth-order valence-electron chi connectivity index (χ4n) is 2.45. The number of amides is 2. The Kier molecular flexibility index (Phi) is 11.0. The highest BCUT2D eigenvalue weighted by Crippen LogP contribution is 2.10. The summed E-state index contributed by atoms with van der Waals surface area (Å²) in [5.41, 5.74) is 0. The monoisotopic (exact) mass is 355 g/mol. The van der Waals surface area contributed by atoms with Crippen LogP contribution in [-0.2, 0) is 19.1 Å². The summed E-state index contributed by atoms with van der Waals surface area (Å²) in [5.74, 6) is -0.862. The van der Waals surface area contributed by atoms with E-state index in [2.05, 4.69) is 20.4 Å². The summed E-state index contributed by atoms with van der Waals surface area (Å²) >= 11 is 0. The molecular formula is C17H29N3O5. The molecule has 0 aromatic carbocycles. The molecule has 1 rings (SSSR count). The van der Waals surface area contributed by atoms with Gasteiger partial charge < -0.3 is 9.47 Å². The quantitative estimate of drug-likeness (QED) is 0.648. The lowest BCUT2D eigenvalue weighted by molar-refractivity contribution is -0.142. The molecule has 0 saturated carbocycles. The lowest BCUT2D eigenvalue weighted by Crippen LogP contribution is -2.44. The van der Waals surface area contributed by atoms with Crippen LogP contribution in [0.15, 0.2) is 4.99 Å². The molecule has 25 heavy (non-hydrogen) atoms. The van der Waals surface area contributed by atoms with Gasteiger partial charge in [0.2, 0.25) is 11.9 Å². The van der Waals surface area contributed by atoms with E-state index in [1.807, 2.05) is 0 Å². The molecule has 0 aliphatic carbocycles. The number of hydrogen-bond acceptors (Lipinski definition) is 6. The van der Waals surface area contributed by atoms with Crippen molar-refractivity contribution in [2.75, 3.05) is 20.3 Å². The summed E-state index contributed by atoms with van der Waals surface area (Å²) in [6.07, 6.45) is 9.05. The van der Waals surface area contributed by atoms with Crippen LogP contribution in [0.1, 0.15) is 64.2 Å². The van der Waals surface area contributed by atoms with E-state index in [4.69, 9.17) is 4.74 Å². The number of rotatable bonds is 0. The number of carbonyl (C=O) groups is 3. The first-order valence-corrected chi connectivity index (χ1v) is 8.96. The SMILES string of the molecule is COC(=O)NC1=NCC(=O)OCCCCCCCCCCCC(=O)N1. The minimum absolute atomic E-state index is 0.102. The lowest BCUT2D eigenvalue weighted by atomic mass is 10.1. The Hall–Kier alpha value is -2.12. The van der Waals surface area contributed by atoms with Crippen molar-refractivity contribution >= 4 is 23.9 Å². The van der Waals surface area contributed by atoms with Crippen molar-refractivity contribution in [3.05, 3.63) is 0 Å². The maximum absolute atomic E-state index is 11.9. The smallest absolute Gasteiger partial charge is 0.413 e. The highest BCUT2D eigenvalue weighted by Gasteiger charge is 2.11. The molecule has 1 aliphatic rings. The van der Waals surface area contributed by atoms with Crippen LogP contribution in [0.25, 0.3) is 0 Å². The number of cyclic esters (lactones) is 1. The second kappa shape index (κ2) is 13.2. The summed E-state index contributed by atoms with van der Waals surface area (Å²) < 4.78 is 9.57. The van der Waals surface area contributed by atoms with E-state index in [1.165, 1.54) is 26.4 Å². The molecule has 0 unspecified atom stereocenters. The average molecular weight is 355 g/mol. The summed E-state index contributed by atoms with van der Waals surface area (Å²) in [7, 11) is 1.20. The van der Waals surface area contributed by atoms with E-state index in [0.717, 1.165) is 38.5 Å². The number of methoxy groups -OCH3 is 1. The first-order chi connectivity index (χ1) is 12.1. The Morgan fingerprint density at radius 2 is 1.64 bits per heavy atom. The Bertz CT molecular complexity index is 465. The molecule has 1 aliphatic heterocycles. The number of aliphatic imine (C=N–C) groups is 1. The van der Waals surface area contributed by atoms with E-state index < -0.39 is 12.1 Å². The fourth-order valence-corrected chi connectivity index (χ4v) is 2.45. The normalized spacial score (nSPS) is 19.5. The van der Waals surface area contributed by atoms with E-state index in [-0.39, 0.29) is 18.4 Å². The number of nitrogens with zero attached hydrogens (tertiary/aromatic N) is 1. The predicted molar refractivity (Wildman–Crippen MR) is 93.1 cm³/mol. The van der Waals surface area contributed by atoms with E-state index in [1.54, 1.807) is 0 Å². The van der Waals surface area contributed by atoms with Crippen molar-refractivity contribution in [2.24, 2.45) is 4.99 Å². The van der Waals surface area contributed by atoms with Crippen LogP contribution in [0.3, 0.4) is 0 Å². The zero-order valence-electron chi connectivity index (χ0n) is 15.0. The molecule has 8 heteroatoms. The minimum atomic E-state index is -0.769. The minimum Gasteiger partial charge on any atom is -0.464 e. The number of carbonyl (C=O) groups excluding carboxylic acids is 3. The second-order valence-electron chi connectivity index (χ2n) is 5.98. The Morgan fingerprint density at radius 1 is 1.04 bits per heavy atom. The zero-order valence-corrected chi connectivity index (χ0v) is 15.0. The van der Waals surface area contributed by atoms with Gasteiger partial charge in [0.05, 0.1) is 13.7 Å². The average Bonchev–Trinajstić information content (AvgIpc) is 2.59. The summed E-state index contributed by atoms with van der Waals surface area (Å²) in [6, 6.07) is 0. The molecule has 0 aromatic rings. The van der Waals surface area contributed by atoms with Gasteiger partial charge in [-0.1, -0.05) is 44.9 Å². The largest absolute Gasteiger partial charge is 0.464 e. The third kappa shape index (κ3) is 11.1. The van der Waals surface area contributed by atoms with Gasteiger partial charge in [-0.15, -0.1) is 0 Å². The fraction of sp³-hybridized carbons (Fsp3) is 0.765. The van der Waals surface area contributed by atoms with Crippen LogP contribution in [-0.4, -0.2) is 44.2 Å². The molecule has 0 spiro atoms. The van der Waals surface area contributed by atoms with Crippen molar-refractivity contribution in [1.29, 1.82) is 0 Å². The molecule has 0 radical (unpaired) electrons. The molecule has 0 saturated heterocycles. The molecule has 1 heterocycles. The Balaban J connectivity index is 2.60. The van der Waals surface area contributed by atoms with Gasteiger partial charge in [0.15, 0.2) is 0 Å². The maximum atomic E-state index is 11.9. The third-order valence-electron chi connectivity index (χ3n) is 3.84. The Labute approximate surface area is 148 Å². The summed E-state index contributed by atoms with van der Waals surface area (Å²) in [6.45, 7) is 0.0834. The first kappa shape index (κ1) is 20.9. The highest BCUT2D eigenvalue weighted by atomic mass is 16.5. The van der Waals surface area contributed by atoms with Crippen molar-refractivity contribution in [3.8, 4) is 0 Å². The number of ether oxygens (including phenoxy) is 2. The maximum Gasteiger partial charge on any atom is 0.413 e. The molecule has 0 atom stereocenters. The van der Waals surface area contributed by atoms with Crippen LogP contribution in [0.2, 0.25) is 0 Å². The molecular weight excluding hydrogens is 326 g/mol. The van der Waals surface area contributed by atoms with E-state index in [0.29, 0.717) is 13.0 Å². The van der Waals surface area contributed by atoms with Crippen molar-refractivity contribution in [2.45, 2.75) is 64.2 Å². The van der Waals surface area contributed by atoms with Gasteiger partial charge in [0.25, 0.3) is 0 Å². The summed E-state index contributed by atoms with van der Waals surface area (Å²) in [5, 5.41) is 4.79. The molecule has 2 N–H and O–H groups in total. The predicted octanol–water partition coefficient (Wildman–Crippen LogP) is 2.27. The highest BCUT2D eigenvalue weighted by molar-refractivity contribution is 6.03. The lowest BCUT2D eigenvalue weighted by Gasteiger charge is -2.10. The number of esters is 1. The number of alkyl carbamates (subject to hydrolysis) is 1. The van der Waals surface area contributed by atoms with Crippen LogP contribution < -0.4 is 10.6 Å². The van der Waals surface area contributed by atoms with E-state index in [9.17, 15) is 14.4 Å². The third-order valence-corrected chi connectivity index (χ3v) is 3.84. The van der Waals surface area contributed by atoms with Gasteiger partial charge in [0, 0.05) is 6.42 Å². The van der Waals surface area contributed by atoms with Gasteiger partial charge in [-0.25, -0.2) is 9.79 Å². The number of guanidine groups is 1. The molecule has 0 bridgehead atoms. The summed E-state index contributed by atoms with van der Waals surface area (Å²) in [4.78, 5) is 38.8. The van der Waals surface area contributed by atoms with Crippen LogP contribution in [0.5, 0.6) is 0 Å². The molecule has 0 aromatic heterocycles. The van der Waals surface area contributed by atoms with Crippen LogP contribution >= 0.6 is 0 Å². The van der Waals surface area contributed by atoms with Crippen molar-refractivity contribution in [1.82, 2.24) is 10.6 Å². The topological polar surface area (TPSA) is 106 Å². The zero-order chi connectivity index (χ0) is 18.3. The van der Waals surface area contributed by atoms with Crippen LogP contribution in [0, 0.1) is 0 Å². The van der Waals surface area contributed by atoms with Gasteiger partial charge in [0.1, 0.15) is 6.54 Å². The second-order valence-corrected chi connectivity index (χ2v) is 5.98. The van der Waals surface area contributed by atoms with Gasteiger partial charge in [-0.3, -0.25) is 20.2 Å². The van der Waals surface area contributed by atoms with E-state index >= 15 is 0 Å². The first-order valence-electron chi connectivity index (χ1n) is 8.96. The van der Waals surface area contributed by atoms with Crippen molar-refractivity contribution < 1.29 is 23.9 Å². The van der Waals surface area contributed by atoms with Gasteiger partial charge in [-0.2, -0.15) is 0 Å². The molecule has 8 nitrogen and oxygen atoms in total. The van der Waals surface area contributed by atoms with Gasteiger partial charge >= 0.3 is 12.1 Å². The van der Waals surface area contributed by atoms with Crippen molar-refractivity contribution in [3.63, 3.8) is 0 Å². The molecule has 0 fully saturated rings. The Morgan fingerprint density at radius 3 is 2.28 bits per heavy atom. The van der Waals surface area contributed by atoms with Crippen LogP contribution in [0.4, 0.5) is 4.79 Å². The number of nitrogens with one attached hydrogen (secondary N) is 2. The standard InChI is InChI=1S/C17H29N3O5/c1-24-17(23)20-16-18-13-15(22)25-12-10-8-6-4-2-3-5-7-9-11-14(21)19-16/h2-13H2,1H3,(H2,18,19,20,21,23). The molecule has 142 valence electrons. The van der Waals surface area contributed by atoms with Gasteiger partial charge in [-0.05, 0) is 12.8 Å². The molecule has 2 amide bonds. The number of hydrogen-bond donors (Lipinski definition) is 2.